The first-order chi connectivity index (χ1) is 11.2. The Morgan fingerprint density at radius 3 is 2.33 bits per heavy atom. The van der Waals surface area contributed by atoms with Gasteiger partial charge in [0.05, 0.1) is 13.7 Å². The first-order valence-corrected chi connectivity index (χ1v) is 7.54. The zero-order valence-electron chi connectivity index (χ0n) is 14.1. The number of imide groups is 1. The summed E-state index contributed by atoms with van der Waals surface area (Å²) in [4.78, 5) is 37.0. The number of β-lactam (4-membered cyclic amide) rings is 1. The molecule has 0 radical (unpaired) electrons. The summed E-state index contributed by atoms with van der Waals surface area (Å²) in [5, 5.41) is 0. The van der Waals surface area contributed by atoms with E-state index in [9.17, 15) is 14.4 Å². The standard InChI is InChI=1S/C17H21NO6/c1-17(2,3)24-16(21)18-12(15(20)22-4)13(14(18)19)23-10-11-8-6-5-7-9-11/h5-9,12-13H,10H2,1-4H3/t12-,13-/m1/s1. The molecule has 2 rings (SSSR count). The Bertz CT molecular complexity index is 622. The Hall–Kier alpha value is -2.41. The van der Waals surface area contributed by atoms with Crippen molar-refractivity contribution >= 4 is 18.0 Å². The summed E-state index contributed by atoms with van der Waals surface area (Å²) in [5.74, 6) is -1.34. The fourth-order valence-electron chi connectivity index (χ4n) is 2.25. The molecule has 24 heavy (non-hydrogen) atoms. The van der Waals surface area contributed by atoms with Crippen LogP contribution in [0, 0.1) is 0 Å². The molecule has 0 N–H and O–H groups in total. The van der Waals surface area contributed by atoms with E-state index in [-0.39, 0.29) is 6.61 Å². The summed E-state index contributed by atoms with van der Waals surface area (Å²) >= 11 is 0. The Kier molecular flexibility index (Phi) is 5.23. The summed E-state index contributed by atoms with van der Waals surface area (Å²) in [6, 6.07) is 8.07. The molecule has 2 amide bonds. The number of esters is 1. The molecule has 1 saturated heterocycles. The number of nitrogens with zero attached hydrogens (tertiary/aromatic N) is 1. The van der Waals surface area contributed by atoms with Crippen molar-refractivity contribution in [3.05, 3.63) is 35.9 Å². The van der Waals surface area contributed by atoms with Crippen LogP contribution in [0.15, 0.2) is 30.3 Å². The van der Waals surface area contributed by atoms with Gasteiger partial charge in [-0.2, -0.15) is 0 Å². The van der Waals surface area contributed by atoms with Gasteiger partial charge in [-0.1, -0.05) is 30.3 Å². The van der Waals surface area contributed by atoms with E-state index in [0.29, 0.717) is 0 Å². The molecule has 1 aromatic rings. The number of methoxy groups -OCH3 is 1. The van der Waals surface area contributed by atoms with Crippen molar-refractivity contribution in [1.29, 1.82) is 0 Å². The van der Waals surface area contributed by atoms with E-state index in [1.54, 1.807) is 20.8 Å². The molecule has 1 aliphatic rings. The van der Waals surface area contributed by atoms with E-state index < -0.39 is 35.7 Å². The predicted octanol–water partition coefficient (Wildman–Crippen LogP) is 1.89. The molecular formula is C17H21NO6. The van der Waals surface area contributed by atoms with E-state index in [1.807, 2.05) is 30.3 Å². The first-order valence-electron chi connectivity index (χ1n) is 7.54. The van der Waals surface area contributed by atoms with Gasteiger partial charge >= 0.3 is 12.1 Å². The third kappa shape index (κ3) is 3.91. The van der Waals surface area contributed by atoms with E-state index in [0.717, 1.165) is 10.5 Å². The Morgan fingerprint density at radius 1 is 1.17 bits per heavy atom. The van der Waals surface area contributed by atoms with E-state index >= 15 is 0 Å². The van der Waals surface area contributed by atoms with Gasteiger partial charge in [-0.05, 0) is 26.3 Å². The van der Waals surface area contributed by atoms with Crippen LogP contribution in [0.2, 0.25) is 0 Å². The van der Waals surface area contributed by atoms with Crippen LogP contribution in [0.5, 0.6) is 0 Å². The van der Waals surface area contributed by atoms with Crippen LogP contribution < -0.4 is 0 Å². The zero-order chi connectivity index (χ0) is 17.9. The second-order valence-corrected chi connectivity index (χ2v) is 6.37. The van der Waals surface area contributed by atoms with Crippen LogP contribution in [-0.2, 0) is 30.4 Å². The lowest BCUT2D eigenvalue weighted by atomic mass is 9.98. The zero-order valence-corrected chi connectivity index (χ0v) is 14.1. The second-order valence-electron chi connectivity index (χ2n) is 6.37. The summed E-state index contributed by atoms with van der Waals surface area (Å²) in [6.45, 7) is 5.16. The molecule has 0 aliphatic carbocycles. The van der Waals surface area contributed by atoms with Gasteiger partial charge in [0, 0.05) is 0 Å². The smallest absolute Gasteiger partial charge is 0.418 e. The number of hydrogen-bond acceptors (Lipinski definition) is 6. The third-order valence-electron chi connectivity index (χ3n) is 3.35. The molecule has 0 aromatic heterocycles. The number of benzene rings is 1. The monoisotopic (exact) mass is 335 g/mol. The SMILES string of the molecule is COC(=O)[C@H]1[C@@H](OCc2ccccc2)C(=O)N1C(=O)OC(C)(C)C. The molecule has 1 aliphatic heterocycles. The lowest BCUT2D eigenvalue weighted by molar-refractivity contribution is -0.185. The normalized spacial score (nSPS) is 20.3. The maximum atomic E-state index is 12.2. The topological polar surface area (TPSA) is 82.1 Å². The summed E-state index contributed by atoms with van der Waals surface area (Å²) in [6.07, 6.45) is -1.95. The maximum Gasteiger partial charge on any atom is 0.418 e. The number of likely N-dealkylation sites (tertiary alicyclic amines) is 1. The molecule has 1 fully saturated rings. The minimum Gasteiger partial charge on any atom is -0.467 e. The van der Waals surface area contributed by atoms with Gasteiger partial charge < -0.3 is 14.2 Å². The summed E-state index contributed by atoms with van der Waals surface area (Å²) in [7, 11) is 1.19. The minimum atomic E-state index is -1.14. The fraction of sp³-hybridized carbons (Fsp3) is 0.471. The van der Waals surface area contributed by atoms with Crippen molar-refractivity contribution in [3.63, 3.8) is 0 Å². The highest BCUT2D eigenvalue weighted by atomic mass is 16.6. The highest BCUT2D eigenvalue weighted by molar-refractivity contribution is 6.08. The molecule has 0 bridgehead atoms. The van der Waals surface area contributed by atoms with Crippen LogP contribution in [0.3, 0.4) is 0 Å². The van der Waals surface area contributed by atoms with Crippen LogP contribution in [-0.4, -0.2) is 47.7 Å². The van der Waals surface area contributed by atoms with Crippen LogP contribution >= 0.6 is 0 Å². The van der Waals surface area contributed by atoms with Crippen molar-refractivity contribution in [1.82, 2.24) is 4.90 Å². The average molecular weight is 335 g/mol. The van der Waals surface area contributed by atoms with Crippen molar-refractivity contribution in [2.75, 3.05) is 7.11 Å². The molecule has 0 spiro atoms. The third-order valence-corrected chi connectivity index (χ3v) is 3.35. The number of ether oxygens (including phenoxy) is 3. The highest BCUT2D eigenvalue weighted by Crippen LogP contribution is 2.27. The molecular weight excluding hydrogens is 314 g/mol. The molecule has 7 heteroatoms. The van der Waals surface area contributed by atoms with E-state index in [4.69, 9.17) is 9.47 Å². The van der Waals surface area contributed by atoms with Crippen LogP contribution in [0.4, 0.5) is 4.79 Å². The molecule has 1 aromatic carbocycles. The van der Waals surface area contributed by atoms with Crippen LogP contribution in [0.1, 0.15) is 26.3 Å². The largest absolute Gasteiger partial charge is 0.467 e. The molecule has 130 valence electrons. The van der Waals surface area contributed by atoms with Crippen molar-refractivity contribution in [3.8, 4) is 0 Å². The van der Waals surface area contributed by atoms with Gasteiger partial charge in [0.15, 0.2) is 12.1 Å². The summed E-state index contributed by atoms with van der Waals surface area (Å²) in [5.41, 5.74) is 0.0678. The highest BCUT2D eigenvalue weighted by Gasteiger charge is 2.57. The maximum absolute atomic E-state index is 12.2. The fourth-order valence-corrected chi connectivity index (χ4v) is 2.25. The molecule has 0 saturated carbocycles. The average Bonchev–Trinajstić information content (AvgIpc) is 2.51. The lowest BCUT2D eigenvalue weighted by Crippen LogP contribution is -2.71. The number of amides is 2. The Morgan fingerprint density at radius 2 is 1.79 bits per heavy atom. The molecule has 7 nitrogen and oxygen atoms in total. The first kappa shape index (κ1) is 17.9. The van der Waals surface area contributed by atoms with Crippen molar-refractivity contribution in [2.24, 2.45) is 0 Å². The number of rotatable bonds is 4. The van der Waals surface area contributed by atoms with Crippen molar-refractivity contribution in [2.45, 2.75) is 45.1 Å². The van der Waals surface area contributed by atoms with Gasteiger partial charge in [0.2, 0.25) is 0 Å². The number of carbonyl (C=O) groups excluding carboxylic acids is 3. The Labute approximate surface area is 140 Å². The van der Waals surface area contributed by atoms with Crippen molar-refractivity contribution < 1.29 is 28.6 Å². The quantitative estimate of drug-likeness (QED) is 0.617. The van der Waals surface area contributed by atoms with Gasteiger partial charge in [0.1, 0.15) is 5.60 Å². The van der Waals surface area contributed by atoms with Gasteiger partial charge in [-0.25, -0.2) is 14.5 Å². The van der Waals surface area contributed by atoms with Gasteiger partial charge in [-0.3, -0.25) is 4.79 Å². The van der Waals surface area contributed by atoms with E-state index in [2.05, 4.69) is 4.74 Å². The van der Waals surface area contributed by atoms with Crippen LogP contribution in [0.25, 0.3) is 0 Å². The predicted molar refractivity (Wildman–Crippen MR) is 83.9 cm³/mol. The summed E-state index contributed by atoms with van der Waals surface area (Å²) < 4.78 is 15.3. The molecule has 0 unspecified atom stereocenters. The minimum absolute atomic E-state index is 0.146. The number of carbonyl (C=O) groups is 3. The van der Waals surface area contributed by atoms with Gasteiger partial charge in [-0.15, -0.1) is 0 Å². The molecule has 2 atom stereocenters. The number of hydrogen-bond donors (Lipinski definition) is 0. The molecule has 1 heterocycles. The van der Waals surface area contributed by atoms with E-state index in [1.165, 1.54) is 7.11 Å². The van der Waals surface area contributed by atoms with Gasteiger partial charge in [0.25, 0.3) is 5.91 Å². The second kappa shape index (κ2) is 7.00. The Balaban J connectivity index is 2.08. The lowest BCUT2D eigenvalue weighted by Gasteiger charge is -2.42.